The molecule has 3 aromatic heterocycles. The minimum absolute atomic E-state index is 0.122. The molecule has 0 amide bonds. The van der Waals surface area contributed by atoms with Crippen LogP contribution in [0.1, 0.15) is 5.76 Å². The molecule has 0 saturated carbocycles. The van der Waals surface area contributed by atoms with Crippen LogP contribution in [0, 0.1) is 11.6 Å². The predicted molar refractivity (Wildman–Crippen MR) is 137 cm³/mol. The Labute approximate surface area is 210 Å². The van der Waals surface area contributed by atoms with E-state index in [4.69, 9.17) is 4.42 Å². The Morgan fingerprint density at radius 2 is 1.76 bits per heavy atom. The van der Waals surface area contributed by atoms with Crippen molar-refractivity contribution >= 4 is 28.0 Å². The number of hydrogen-bond acceptors (Lipinski definition) is 7. The number of aromatic nitrogens is 4. The average Bonchev–Trinajstić information content (AvgIpc) is 3.32. The molecule has 0 radical (unpaired) electrons. The number of hydrogen-bond donors (Lipinski definition) is 0. The lowest BCUT2D eigenvalue weighted by Gasteiger charge is -2.33. The number of likely N-dealkylation sites (N-methyl/N-ethyl adjacent to an activating group) is 1. The van der Waals surface area contributed by atoms with Gasteiger partial charge in [0.05, 0.1) is 11.9 Å². The Kier molecular flexibility index (Phi) is 5.88. The molecule has 0 unspecified atom stereocenters. The van der Waals surface area contributed by atoms with Gasteiger partial charge in [0.15, 0.2) is 17.0 Å². The van der Waals surface area contributed by atoms with Crippen LogP contribution in [-0.4, -0.2) is 57.6 Å². The molecule has 0 aliphatic carbocycles. The lowest BCUT2D eigenvalue weighted by atomic mass is 10.0. The van der Waals surface area contributed by atoms with Crippen molar-refractivity contribution in [1.29, 1.82) is 0 Å². The molecule has 0 N–H and O–H groups in total. The van der Waals surface area contributed by atoms with E-state index in [2.05, 4.69) is 31.8 Å². The highest BCUT2D eigenvalue weighted by molar-refractivity contribution is 5.84. The van der Waals surface area contributed by atoms with Gasteiger partial charge in [0.25, 0.3) is 0 Å². The van der Waals surface area contributed by atoms with E-state index in [-0.39, 0.29) is 16.5 Å². The van der Waals surface area contributed by atoms with Crippen molar-refractivity contribution in [3.05, 3.63) is 82.7 Å². The van der Waals surface area contributed by atoms with Gasteiger partial charge in [-0.3, -0.25) is 4.79 Å². The van der Waals surface area contributed by atoms with Crippen molar-refractivity contribution in [1.82, 2.24) is 24.4 Å². The van der Waals surface area contributed by atoms with Crippen molar-refractivity contribution in [3.8, 4) is 11.1 Å². The van der Waals surface area contributed by atoms with Crippen molar-refractivity contribution in [2.45, 2.75) is 13.0 Å². The summed E-state index contributed by atoms with van der Waals surface area (Å²) in [4.78, 5) is 31.5. The molecule has 1 fully saturated rings. The number of piperazine rings is 1. The molecule has 6 rings (SSSR count). The average molecular weight is 503 g/mol. The number of fused-ring (bicyclic) bond motifs is 2. The van der Waals surface area contributed by atoms with E-state index in [0.29, 0.717) is 35.5 Å². The Morgan fingerprint density at radius 1 is 0.973 bits per heavy atom. The second-order valence-corrected chi connectivity index (χ2v) is 9.20. The maximum Gasteiger partial charge on any atom is 0.203 e. The zero-order valence-corrected chi connectivity index (χ0v) is 20.2. The van der Waals surface area contributed by atoms with E-state index in [1.165, 1.54) is 42.7 Å². The number of rotatable bonds is 5. The van der Waals surface area contributed by atoms with Gasteiger partial charge in [0, 0.05) is 39.1 Å². The van der Waals surface area contributed by atoms with Crippen molar-refractivity contribution in [3.63, 3.8) is 0 Å². The Balaban J connectivity index is 1.38. The van der Waals surface area contributed by atoms with E-state index in [9.17, 15) is 13.6 Å². The van der Waals surface area contributed by atoms with Crippen LogP contribution < -0.4 is 10.3 Å². The van der Waals surface area contributed by atoms with Crippen molar-refractivity contribution in [2.24, 2.45) is 0 Å². The number of benzene rings is 2. The molecule has 2 aromatic carbocycles. The first kappa shape index (κ1) is 23.2. The van der Waals surface area contributed by atoms with Gasteiger partial charge in [-0.1, -0.05) is 18.2 Å². The number of aryl methyl sites for hydroxylation is 2. The summed E-state index contributed by atoms with van der Waals surface area (Å²) in [5.74, 6) is 0.0961. The quantitative estimate of drug-likeness (QED) is 0.361. The fraction of sp³-hybridized carbons (Fsp3) is 0.259. The van der Waals surface area contributed by atoms with Gasteiger partial charge in [0.2, 0.25) is 5.43 Å². The molecule has 0 spiro atoms. The molecular formula is C27H24F2N6O2. The Hall–Kier alpha value is -4.18. The zero-order chi connectivity index (χ0) is 25.5. The highest BCUT2D eigenvalue weighted by Crippen LogP contribution is 2.28. The summed E-state index contributed by atoms with van der Waals surface area (Å²) in [6.45, 7) is 4.01. The Bertz CT molecular complexity index is 1660. The maximum absolute atomic E-state index is 14.6. The second-order valence-electron chi connectivity index (χ2n) is 9.20. The summed E-state index contributed by atoms with van der Waals surface area (Å²) < 4.78 is 36.1. The van der Waals surface area contributed by atoms with E-state index in [1.807, 2.05) is 4.57 Å². The number of anilines is 1. The largest absolute Gasteiger partial charge is 0.460 e. The van der Waals surface area contributed by atoms with Crippen LogP contribution in [-0.2, 0) is 13.0 Å². The maximum atomic E-state index is 14.6. The smallest absolute Gasteiger partial charge is 0.203 e. The molecule has 188 valence electrons. The van der Waals surface area contributed by atoms with Crippen LogP contribution in [0.3, 0.4) is 0 Å². The third-order valence-electron chi connectivity index (χ3n) is 6.84. The van der Waals surface area contributed by atoms with Crippen LogP contribution in [0.15, 0.2) is 64.3 Å². The fourth-order valence-corrected chi connectivity index (χ4v) is 4.83. The summed E-state index contributed by atoms with van der Waals surface area (Å²) in [5.41, 5.74) is 1.76. The first-order valence-electron chi connectivity index (χ1n) is 12.1. The van der Waals surface area contributed by atoms with Gasteiger partial charge in [-0.25, -0.2) is 23.7 Å². The van der Waals surface area contributed by atoms with Gasteiger partial charge >= 0.3 is 0 Å². The van der Waals surface area contributed by atoms with Crippen LogP contribution in [0.2, 0.25) is 0 Å². The minimum atomic E-state index is -0.657. The molecular weight excluding hydrogens is 478 g/mol. The second kappa shape index (κ2) is 9.36. The highest BCUT2D eigenvalue weighted by Gasteiger charge is 2.22. The minimum Gasteiger partial charge on any atom is -0.460 e. The van der Waals surface area contributed by atoms with E-state index < -0.39 is 17.1 Å². The predicted octanol–water partition coefficient (Wildman–Crippen LogP) is 3.87. The van der Waals surface area contributed by atoms with Crippen molar-refractivity contribution in [2.75, 3.05) is 38.1 Å². The fourth-order valence-electron chi connectivity index (χ4n) is 4.83. The third kappa shape index (κ3) is 4.23. The van der Waals surface area contributed by atoms with Gasteiger partial charge in [0.1, 0.15) is 34.7 Å². The highest BCUT2D eigenvalue weighted by atomic mass is 19.1. The van der Waals surface area contributed by atoms with Gasteiger partial charge < -0.3 is 18.8 Å². The summed E-state index contributed by atoms with van der Waals surface area (Å²) in [6, 6.07) is 9.83. The van der Waals surface area contributed by atoms with E-state index in [0.717, 1.165) is 32.0 Å². The normalized spacial score (nSPS) is 14.6. The monoisotopic (exact) mass is 502 g/mol. The number of imidazole rings is 1. The van der Waals surface area contributed by atoms with Gasteiger partial charge in [-0.2, -0.15) is 0 Å². The summed E-state index contributed by atoms with van der Waals surface area (Å²) in [5, 5.41) is -0.122. The SMILES string of the molecule is CN1CCN(c2ncnc3c2ncn3CCc2oc3cccc(F)c3c(=O)c2-c2ccc(F)cc2)CC1. The summed E-state index contributed by atoms with van der Waals surface area (Å²) >= 11 is 0. The molecule has 4 heterocycles. The van der Waals surface area contributed by atoms with Crippen LogP contribution in [0.5, 0.6) is 0 Å². The standard InChI is InChI=1S/C27H24F2N6O2/c1-33-11-13-34(14-12-33)26-24-27(31-15-30-26)35(16-32-24)10-9-21-22(17-5-7-18(28)8-6-17)25(36)23-19(29)3-2-4-20(23)37-21/h2-8,15-16H,9-14H2,1H3. The number of halogens is 2. The van der Waals surface area contributed by atoms with Crippen molar-refractivity contribution < 1.29 is 13.2 Å². The van der Waals surface area contributed by atoms with Crippen LogP contribution >= 0.6 is 0 Å². The van der Waals surface area contributed by atoms with E-state index >= 15 is 0 Å². The summed E-state index contributed by atoms with van der Waals surface area (Å²) in [7, 11) is 2.10. The van der Waals surface area contributed by atoms with Gasteiger partial charge in [-0.15, -0.1) is 0 Å². The molecule has 1 saturated heterocycles. The molecule has 5 aromatic rings. The molecule has 37 heavy (non-hydrogen) atoms. The molecule has 0 atom stereocenters. The lowest BCUT2D eigenvalue weighted by Crippen LogP contribution is -2.44. The molecule has 0 bridgehead atoms. The first-order valence-corrected chi connectivity index (χ1v) is 12.1. The number of nitrogens with zero attached hydrogens (tertiary/aromatic N) is 6. The summed E-state index contributed by atoms with van der Waals surface area (Å²) in [6.07, 6.45) is 3.56. The topological polar surface area (TPSA) is 80.3 Å². The van der Waals surface area contributed by atoms with Crippen LogP contribution in [0.25, 0.3) is 33.3 Å². The molecule has 10 heteroatoms. The van der Waals surface area contributed by atoms with E-state index in [1.54, 1.807) is 12.4 Å². The third-order valence-corrected chi connectivity index (χ3v) is 6.84. The molecule has 1 aliphatic rings. The zero-order valence-electron chi connectivity index (χ0n) is 20.2. The van der Waals surface area contributed by atoms with Crippen LogP contribution in [0.4, 0.5) is 14.6 Å². The Morgan fingerprint density at radius 3 is 2.54 bits per heavy atom. The molecule has 1 aliphatic heterocycles. The first-order chi connectivity index (χ1) is 18.0. The van der Waals surface area contributed by atoms with Gasteiger partial charge in [-0.05, 0) is 36.9 Å². The lowest BCUT2D eigenvalue weighted by molar-refractivity contribution is 0.312. The molecule has 8 nitrogen and oxygen atoms in total.